The molecule has 0 bridgehead atoms. The van der Waals surface area contributed by atoms with Gasteiger partial charge < -0.3 is 24.8 Å². The second kappa shape index (κ2) is 12.9. The fourth-order valence-corrected chi connectivity index (χ4v) is 6.10. The van der Waals surface area contributed by atoms with E-state index in [0.29, 0.717) is 37.9 Å². The Kier molecular flexibility index (Phi) is 8.55. The fourth-order valence-electron chi connectivity index (χ4n) is 6.10. The number of rotatable bonds is 9. The van der Waals surface area contributed by atoms with Crippen LogP contribution in [-0.2, 0) is 27.3 Å². The van der Waals surface area contributed by atoms with Gasteiger partial charge in [-0.1, -0.05) is 36.4 Å². The van der Waals surface area contributed by atoms with Crippen molar-refractivity contribution in [2.75, 3.05) is 32.0 Å². The molecule has 0 saturated carbocycles. The van der Waals surface area contributed by atoms with E-state index in [0.717, 1.165) is 56.0 Å². The second-order valence-electron chi connectivity index (χ2n) is 11.1. The van der Waals surface area contributed by atoms with Gasteiger partial charge in [-0.15, -0.1) is 0 Å². The smallest absolute Gasteiger partial charge is 0.409 e. The first-order valence-electron chi connectivity index (χ1n) is 15.3. The number of pyridine rings is 1. The summed E-state index contributed by atoms with van der Waals surface area (Å²) >= 11 is 0. The third-order valence-corrected chi connectivity index (χ3v) is 8.32. The van der Waals surface area contributed by atoms with Crippen LogP contribution in [0.4, 0.5) is 10.6 Å². The maximum atomic E-state index is 12.5. The maximum absolute atomic E-state index is 12.5. The molecule has 1 amide bonds. The van der Waals surface area contributed by atoms with Crippen LogP contribution < -0.4 is 10.5 Å². The molecule has 5 aromatic rings. The highest BCUT2D eigenvalue weighted by Gasteiger charge is 2.30. The zero-order chi connectivity index (χ0) is 31.5. The van der Waals surface area contributed by atoms with E-state index in [2.05, 4.69) is 29.2 Å². The molecule has 3 aromatic carbocycles. The monoisotopic (exact) mass is 607 g/mol. The van der Waals surface area contributed by atoms with E-state index in [-0.39, 0.29) is 31.1 Å². The molecule has 1 atom stereocenters. The van der Waals surface area contributed by atoms with Crippen molar-refractivity contribution in [2.24, 2.45) is 0 Å². The molecule has 1 fully saturated rings. The summed E-state index contributed by atoms with van der Waals surface area (Å²) in [7, 11) is 0. The summed E-state index contributed by atoms with van der Waals surface area (Å²) in [5.74, 6) is 0.809. The first-order valence-corrected chi connectivity index (χ1v) is 15.3. The van der Waals surface area contributed by atoms with Crippen LogP contribution in [-0.4, -0.2) is 58.0 Å². The number of carbonyl (C=O) groups is 2. The summed E-state index contributed by atoms with van der Waals surface area (Å²) in [5, 5.41) is 7.93. The number of nitrogen functional groups attached to an aromatic ring is 1. The lowest BCUT2D eigenvalue weighted by Crippen LogP contribution is -2.29. The lowest BCUT2D eigenvalue weighted by molar-refractivity contribution is -0.142. The Morgan fingerprint density at radius 1 is 0.978 bits per heavy atom. The van der Waals surface area contributed by atoms with Crippen molar-refractivity contribution in [3.63, 3.8) is 0 Å². The van der Waals surface area contributed by atoms with Crippen molar-refractivity contribution in [3.05, 3.63) is 83.7 Å². The Balaban J connectivity index is 1.39. The zero-order valence-electron chi connectivity index (χ0n) is 25.8. The highest BCUT2D eigenvalue weighted by atomic mass is 16.6. The van der Waals surface area contributed by atoms with Crippen molar-refractivity contribution >= 4 is 39.6 Å². The predicted molar refractivity (Wildman–Crippen MR) is 173 cm³/mol. The number of hydrogen-bond donors (Lipinski definition) is 1. The van der Waals surface area contributed by atoms with E-state index >= 15 is 0 Å². The number of aromatic nitrogens is 3. The van der Waals surface area contributed by atoms with Crippen LogP contribution in [0.2, 0.25) is 0 Å². The average Bonchev–Trinajstić information content (AvgIpc) is 3.67. The van der Waals surface area contributed by atoms with Gasteiger partial charge in [0, 0.05) is 35.6 Å². The largest absolute Gasteiger partial charge is 0.487 e. The standard InChI is InChI=1S/C35H37N5O5/c1-4-43-33(41)19-28-22(3)8-6-11-32(28)45-21-30-29-18-23(25-9-7-10-27-26(25)14-16-37-34(27)36)12-13-31(29)40(38-30)24-15-17-39(20-24)35(42)44-5-2/h6-14,16,18,24H,4-5,15,17,19-21H2,1-3H3,(H2,36,37)/t24-/m0/s1. The zero-order valence-corrected chi connectivity index (χ0v) is 25.8. The Morgan fingerprint density at radius 3 is 2.62 bits per heavy atom. The van der Waals surface area contributed by atoms with E-state index in [9.17, 15) is 9.59 Å². The van der Waals surface area contributed by atoms with Crippen LogP contribution in [0.3, 0.4) is 0 Å². The summed E-state index contributed by atoms with van der Waals surface area (Å²) in [6.07, 6.45) is 2.30. The molecular formula is C35H37N5O5. The first kappa shape index (κ1) is 29.9. The number of likely N-dealkylation sites (tertiary alicyclic amines) is 1. The number of hydrogen-bond acceptors (Lipinski definition) is 8. The van der Waals surface area contributed by atoms with Gasteiger partial charge >= 0.3 is 12.1 Å². The summed E-state index contributed by atoms with van der Waals surface area (Å²) < 4.78 is 18.9. The van der Waals surface area contributed by atoms with Crippen molar-refractivity contribution in [1.29, 1.82) is 0 Å². The predicted octanol–water partition coefficient (Wildman–Crippen LogP) is 6.23. The van der Waals surface area contributed by atoms with Gasteiger partial charge in [-0.25, -0.2) is 9.78 Å². The molecule has 10 heteroatoms. The van der Waals surface area contributed by atoms with Gasteiger partial charge in [-0.05, 0) is 73.5 Å². The average molecular weight is 608 g/mol. The lowest BCUT2D eigenvalue weighted by Gasteiger charge is -2.16. The van der Waals surface area contributed by atoms with Crippen molar-refractivity contribution in [3.8, 4) is 16.9 Å². The Bertz CT molecular complexity index is 1880. The van der Waals surface area contributed by atoms with Crippen molar-refractivity contribution in [2.45, 2.75) is 46.3 Å². The molecule has 10 nitrogen and oxygen atoms in total. The van der Waals surface area contributed by atoms with E-state index in [1.54, 1.807) is 18.0 Å². The number of anilines is 1. The summed E-state index contributed by atoms with van der Waals surface area (Å²) in [6.45, 7) is 7.51. The van der Waals surface area contributed by atoms with Crippen LogP contribution in [0.1, 0.15) is 43.1 Å². The van der Waals surface area contributed by atoms with Gasteiger partial charge in [-0.2, -0.15) is 5.10 Å². The third-order valence-electron chi connectivity index (χ3n) is 8.32. The highest BCUT2D eigenvalue weighted by molar-refractivity contribution is 6.02. The Morgan fingerprint density at radius 2 is 1.80 bits per heavy atom. The third kappa shape index (κ3) is 6.00. The number of nitrogens with zero attached hydrogens (tertiary/aromatic N) is 4. The molecule has 2 aromatic heterocycles. The van der Waals surface area contributed by atoms with Crippen LogP contribution in [0.15, 0.2) is 66.9 Å². The van der Waals surface area contributed by atoms with Gasteiger partial charge in [0.15, 0.2) is 0 Å². The molecule has 0 radical (unpaired) electrons. The lowest BCUT2D eigenvalue weighted by atomic mass is 9.97. The summed E-state index contributed by atoms with van der Waals surface area (Å²) in [5.41, 5.74) is 11.7. The van der Waals surface area contributed by atoms with Gasteiger partial charge in [0.2, 0.25) is 0 Å². The van der Waals surface area contributed by atoms with E-state index < -0.39 is 0 Å². The molecule has 2 N–H and O–H groups in total. The molecule has 0 unspecified atom stereocenters. The number of nitrogens with two attached hydrogens (primary N) is 1. The fraction of sp³-hybridized carbons (Fsp3) is 0.314. The molecule has 45 heavy (non-hydrogen) atoms. The molecule has 0 aliphatic carbocycles. The molecule has 1 aliphatic rings. The van der Waals surface area contributed by atoms with Gasteiger partial charge in [0.25, 0.3) is 0 Å². The number of ether oxygens (including phenoxy) is 3. The minimum atomic E-state index is -0.305. The second-order valence-corrected chi connectivity index (χ2v) is 11.1. The first-order chi connectivity index (χ1) is 21.9. The van der Waals surface area contributed by atoms with Crippen LogP contribution in [0.25, 0.3) is 32.8 Å². The number of esters is 1. The van der Waals surface area contributed by atoms with Gasteiger partial charge in [0.1, 0.15) is 23.9 Å². The molecular weight excluding hydrogens is 570 g/mol. The quantitative estimate of drug-likeness (QED) is 0.196. The molecule has 3 heterocycles. The topological polar surface area (TPSA) is 122 Å². The Labute approximate surface area is 261 Å². The van der Waals surface area contributed by atoms with Crippen LogP contribution >= 0.6 is 0 Å². The van der Waals surface area contributed by atoms with Crippen LogP contribution in [0, 0.1) is 6.92 Å². The molecule has 0 spiro atoms. The van der Waals surface area contributed by atoms with E-state index in [1.807, 2.05) is 54.9 Å². The SMILES string of the molecule is CCOC(=O)Cc1c(C)cccc1OCc1nn([C@H]2CCN(C(=O)OCC)C2)c2ccc(-c3cccc4c(N)nccc34)cc12. The van der Waals surface area contributed by atoms with Gasteiger partial charge in [-0.3, -0.25) is 9.48 Å². The minimum absolute atomic E-state index is 0.0155. The summed E-state index contributed by atoms with van der Waals surface area (Å²) in [6, 6.07) is 20.0. The minimum Gasteiger partial charge on any atom is -0.487 e. The Hall–Kier alpha value is -5.12. The van der Waals surface area contributed by atoms with Crippen molar-refractivity contribution < 1.29 is 23.8 Å². The highest BCUT2D eigenvalue weighted by Crippen LogP contribution is 2.35. The van der Waals surface area contributed by atoms with Crippen molar-refractivity contribution in [1.82, 2.24) is 19.7 Å². The van der Waals surface area contributed by atoms with E-state index in [4.69, 9.17) is 25.0 Å². The number of amides is 1. The van der Waals surface area contributed by atoms with Crippen LogP contribution in [0.5, 0.6) is 5.75 Å². The number of carbonyl (C=O) groups excluding carboxylic acids is 2. The number of fused-ring (bicyclic) bond motifs is 2. The molecule has 232 valence electrons. The number of aryl methyl sites for hydroxylation is 1. The van der Waals surface area contributed by atoms with E-state index in [1.165, 1.54) is 0 Å². The summed E-state index contributed by atoms with van der Waals surface area (Å²) in [4.78, 5) is 30.8. The molecule has 6 rings (SSSR count). The number of benzene rings is 3. The maximum Gasteiger partial charge on any atom is 0.409 e. The van der Waals surface area contributed by atoms with Gasteiger partial charge in [0.05, 0.1) is 31.2 Å². The normalized spacial score (nSPS) is 14.6. The molecule has 1 aliphatic heterocycles. The molecule has 1 saturated heterocycles.